The summed E-state index contributed by atoms with van der Waals surface area (Å²) in [6, 6.07) is 24.5. The van der Waals surface area contributed by atoms with Gasteiger partial charge in [0.05, 0.1) is 12.5 Å². The van der Waals surface area contributed by atoms with E-state index in [2.05, 4.69) is 18.7 Å². The molecule has 0 aromatic heterocycles. The summed E-state index contributed by atoms with van der Waals surface area (Å²) in [5.74, 6) is -0.450. The van der Waals surface area contributed by atoms with Gasteiger partial charge >= 0.3 is 0 Å². The zero-order chi connectivity index (χ0) is 25.8. The SMILES string of the molecule is COc1cccc(O[C@@H]2CCN(C(C)(C)CCC(C(N)=O)(c3ccccc3)c3ccccc3)C2)c1F. The highest BCUT2D eigenvalue weighted by atomic mass is 19.1. The summed E-state index contributed by atoms with van der Waals surface area (Å²) < 4.78 is 25.7. The van der Waals surface area contributed by atoms with Crippen molar-refractivity contribution in [2.75, 3.05) is 20.2 Å². The number of halogens is 1. The van der Waals surface area contributed by atoms with Crippen molar-refractivity contribution < 1.29 is 18.7 Å². The molecule has 1 fully saturated rings. The van der Waals surface area contributed by atoms with Crippen LogP contribution >= 0.6 is 0 Å². The van der Waals surface area contributed by atoms with Crippen molar-refractivity contribution in [3.05, 3.63) is 95.8 Å². The Kier molecular flexibility index (Phi) is 7.65. The molecule has 2 N–H and O–H groups in total. The van der Waals surface area contributed by atoms with E-state index >= 15 is 0 Å². The maximum Gasteiger partial charge on any atom is 0.232 e. The van der Waals surface area contributed by atoms with Crippen molar-refractivity contribution in [3.8, 4) is 11.5 Å². The van der Waals surface area contributed by atoms with Gasteiger partial charge in [-0.05, 0) is 56.4 Å². The van der Waals surface area contributed by atoms with E-state index in [0.717, 1.165) is 30.5 Å². The van der Waals surface area contributed by atoms with Crippen LogP contribution in [0.25, 0.3) is 0 Å². The number of hydrogen-bond acceptors (Lipinski definition) is 4. The Balaban J connectivity index is 1.52. The molecule has 1 aliphatic rings. The Morgan fingerprint density at radius 2 is 1.53 bits per heavy atom. The molecule has 3 aromatic carbocycles. The van der Waals surface area contributed by atoms with E-state index in [-0.39, 0.29) is 29.0 Å². The second-order valence-electron chi connectivity index (χ2n) is 10.1. The molecular formula is C30H35FN2O3. The number of carbonyl (C=O) groups is 1. The predicted octanol–water partition coefficient (Wildman–Crippen LogP) is 5.32. The molecule has 1 atom stereocenters. The van der Waals surface area contributed by atoms with E-state index in [0.29, 0.717) is 13.0 Å². The lowest BCUT2D eigenvalue weighted by atomic mass is 9.69. The highest BCUT2D eigenvalue weighted by Crippen LogP contribution is 2.40. The van der Waals surface area contributed by atoms with Crippen LogP contribution in [0.1, 0.15) is 44.2 Å². The van der Waals surface area contributed by atoms with Gasteiger partial charge in [-0.15, -0.1) is 0 Å². The molecule has 0 spiro atoms. The number of likely N-dealkylation sites (tertiary alicyclic amines) is 1. The van der Waals surface area contributed by atoms with Crippen LogP contribution in [-0.4, -0.2) is 42.6 Å². The second kappa shape index (κ2) is 10.7. The average molecular weight is 491 g/mol. The summed E-state index contributed by atoms with van der Waals surface area (Å²) >= 11 is 0. The summed E-state index contributed by atoms with van der Waals surface area (Å²) in [5.41, 5.74) is 6.79. The maximum absolute atomic E-state index is 14.6. The molecule has 0 radical (unpaired) electrons. The number of nitrogens with zero attached hydrogens (tertiary/aromatic N) is 1. The van der Waals surface area contributed by atoms with Gasteiger partial charge in [0.1, 0.15) is 6.10 Å². The smallest absolute Gasteiger partial charge is 0.232 e. The predicted molar refractivity (Wildman–Crippen MR) is 140 cm³/mol. The lowest BCUT2D eigenvalue weighted by Gasteiger charge is -2.40. The van der Waals surface area contributed by atoms with Gasteiger partial charge in [-0.2, -0.15) is 4.39 Å². The average Bonchev–Trinajstić information content (AvgIpc) is 3.36. The normalized spacial score (nSPS) is 16.6. The van der Waals surface area contributed by atoms with Crippen LogP contribution in [0.3, 0.4) is 0 Å². The third-order valence-corrected chi connectivity index (χ3v) is 7.51. The maximum atomic E-state index is 14.6. The summed E-state index contributed by atoms with van der Waals surface area (Å²) in [7, 11) is 1.44. The van der Waals surface area contributed by atoms with Crippen LogP contribution in [0.15, 0.2) is 78.9 Å². The Bertz CT molecular complexity index is 1130. The van der Waals surface area contributed by atoms with Gasteiger partial charge in [-0.3, -0.25) is 9.69 Å². The molecule has 5 nitrogen and oxygen atoms in total. The van der Waals surface area contributed by atoms with E-state index in [4.69, 9.17) is 15.2 Å². The number of methoxy groups -OCH3 is 1. The minimum atomic E-state index is -0.931. The first-order chi connectivity index (χ1) is 17.3. The molecule has 6 heteroatoms. The lowest BCUT2D eigenvalue weighted by molar-refractivity contribution is -0.122. The number of amides is 1. The molecule has 190 valence electrons. The van der Waals surface area contributed by atoms with Crippen molar-refractivity contribution in [1.82, 2.24) is 4.90 Å². The van der Waals surface area contributed by atoms with Crippen LogP contribution in [0.2, 0.25) is 0 Å². The summed E-state index contributed by atoms with van der Waals surface area (Å²) in [6.07, 6.45) is 1.96. The molecule has 3 aromatic rings. The number of benzene rings is 3. The highest BCUT2D eigenvalue weighted by molar-refractivity contribution is 5.90. The van der Waals surface area contributed by atoms with Crippen LogP contribution in [0.5, 0.6) is 11.5 Å². The molecule has 0 unspecified atom stereocenters. The summed E-state index contributed by atoms with van der Waals surface area (Å²) in [6.45, 7) is 5.86. The third-order valence-electron chi connectivity index (χ3n) is 7.51. The van der Waals surface area contributed by atoms with E-state index in [1.54, 1.807) is 18.2 Å². The second-order valence-corrected chi connectivity index (χ2v) is 10.1. The summed E-state index contributed by atoms with van der Waals surface area (Å²) in [5, 5.41) is 0. The molecule has 0 saturated carbocycles. The van der Waals surface area contributed by atoms with Crippen LogP contribution < -0.4 is 15.2 Å². The first-order valence-corrected chi connectivity index (χ1v) is 12.4. The topological polar surface area (TPSA) is 64.8 Å². The zero-order valence-electron chi connectivity index (χ0n) is 21.2. The van der Waals surface area contributed by atoms with Gasteiger partial charge in [0, 0.05) is 18.6 Å². The fourth-order valence-corrected chi connectivity index (χ4v) is 5.25. The zero-order valence-corrected chi connectivity index (χ0v) is 21.2. The summed E-state index contributed by atoms with van der Waals surface area (Å²) in [4.78, 5) is 15.5. The van der Waals surface area contributed by atoms with Gasteiger partial charge in [0.15, 0.2) is 11.5 Å². The van der Waals surface area contributed by atoms with Crippen molar-refractivity contribution in [3.63, 3.8) is 0 Å². The molecule has 1 heterocycles. The van der Waals surface area contributed by atoms with Gasteiger partial charge in [-0.1, -0.05) is 66.7 Å². The molecule has 36 heavy (non-hydrogen) atoms. The first kappa shape index (κ1) is 25.7. The van der Waals surface area contributed by atoms with Gasteiger partial charge in [-0.25, -0.2) is 0 Å². The molecule has 0 aliphatic carbocycles. The van der Waals surface area contributed by atoms with Crippen LogP contribution in [0.4, 0.5) is 4.39 Å². The standard InChI is InChI=1S/C30H35FN2O3/c1-29(2,33-20-17-24(21-33)36-26-16-10-15-25(35-3)27(26)31)18-19-30(28(32)34,22-11-6-4-7-12-22)23-13-8-5-9-14-23/h4-16,24H,17-21H2,1-3H3,(H2,32,34)/t24-/m1/s1. The van der Waals surface area contributed by atoms with Crippen molar-refractivity contribution in [2.24, 2.45) is 5.73 Å². The van der Waals surface area contributed by atoms with Crippen molar-refractivity contribution >= 4 is 5.91 Å². The monoisotopic (exact) mass is 490 g/mol. The largest absolute Gasteiger partial charge is 0.494 e. The van der Waals surface area contributed by atoms with Gasteiger partial charge in [0.2, 0.25) is 11.7 Å². The lowest BCUT2D eigenvalue weighted by Crippen LogP contribution is -2.47. The van der Waals surface area contributed by atoms with Crippen molar-refractivity contribution in [1.29, 1.82) is 0 Å². The number of ether oxygens (including phenoxy) is 2. The van der Waals surface area contributed by atoms with Gasteiger partial charge in [0.25, 0.3) is 0 Å². The fraction of sp³-hybridized carbons (Fsp3) is 0.367. The van der Waals surface area contributed by atoms with E-state index in [9.17, 15) is 9.18 Å². The number of nitrogens with two attached hydrogens (primary N) is 1. The molecular weight excluding hydrogens is 455 g/mol. The number of carbonyl (C=O) groups excluding carboxylic acids is 1. The fourth-order valence-electron chi connectivity index (χ4n) is 5.25. The number of primary amides is 1. The molecule has 1 amide bonds. The van der Waals surface area contributed by atoms with Crippen LogP contribution in [-0.2, 0) is 10.2 Å². The highest BCUT2D eigenvalue weighted by Gasteiger charge is 2.43. The van der Waals surface area contributed by atoms with E-state index in [1.165, 1.54) is 7.11 Å². The molecule has 1 aliphatic heterocycles. The first-order valence-electron chi connectivity index (χ1n) is 12.4. The molecule has 4 rings (SSSR count). The van der Waals surface area contributed by atoms with Crippen LogP contribution in [0, 0.1) is 5.82 Å². The quantitative estimate of drug-likeness (QED) is 0.418. The minimum absolute atomic E-state index is 0.130. The van der Waals surface area contributed by atoms with E-state index in [1.807, 2.05) is 60.7 Å². The Hall–Kier alpha value is -3.38. The number of hydrogen-bond donors (Lipinski definition) is 1. The van der Waals surface area contributed by atoms with E-state index < -0.39 is 11.2 Å². The molecule has 1 saturated heterocycles. The Morgan fingerprint density at radius 1 is 0.944 bits per heavy atom. The minimum Gasteiger partial charge on any atom is -0.494 e. The third kappa shape index (κ3) is 5.09. The Labute approximate surface area is 213 Å². The van der Waals surface area contributed by atoms with Gasteiger partial charge < -0.3 is 15.2 Å². The molecule has 0 bridgehead atoms. The number of rotatable bonds is 10. The van der Waals surface area contributed by atoms with Crippen molar-refractivity contribution in [2.45, 2.75) is 50.2 Å². The Morgan fingerprint density at radius 3 is 2.08 bits per heavy atom.